The molecule has 0 fully saturated rings. The van der Waals surface area contributed by atoms with Crippen molar-refractivity contribution in [2.45, 2.75) is 27.2 Å². The molecule has 5 heteroatoms. The van der Waals surface area contributed by atoms with Gasteiger partial charge in [0.1, 0.15) is 0 Å². The summed E-state index contributed by atoms with van der Waals surface area (Å²) in [6.07, 6.45) is 2.21. The lowest BCUT2D eigenvalue weighted by molar-refractivity contribution is 0.227. The molecule has 0 saturated heterocycles. The normalized spacial score (nSPS) is 9.31. The average Bonchev–Trinajstić information content (AvgIpc) is 2.28. The van der Waals surface area contributed by atoms with Crippen molar-refractivity contribution in [2.75, 3.05) is 13.2 Å². The monoisotopic (exact) mass is 228 g/mol. The largest absolute Gasteiger partial charge is 0.477 e. The van der Waals surface area contributed by atoms with Crippen molar-refractivity contribution in [1.29, 1.82) is 0 Å². The molecule has 0 radical (unpaired) electrons. The minimum absolute atomic E-state index is 0.0733. The molecule has 5 nitrogen and oxygen atoms in total. The maximum atomic E-state index is 11.1. The second-order valence-corrected chi connectivity index (χ2v) is 3.05. The first-order chi connectivity index (χ1) is 7.65. The van der Waals surface area contributed by atoms with Crippen LogP contribution in [0.15, 0.2) is 11.0 Å². The molecule has 0 aliphatic heterocycles. The molecule has 1 rings (SSSR count). The van der Waals surface area contributed by atoms with Crippen LogP contribution in [0.4, 0.5) is 0 Å². The minimum Gasteiger partial charge on any atom is -0.477 e. The molecular formula is C11H20N2O3. The molecule has 16 heavy (non-hydrogen) atoms. The quantitative estimate of drug-likeness (QED) is 0.777. The van der Waals surface area contributed by atoms with Crippen LogP contribution < -0.4 is 10.4 Å². The van der Waals surface area contributed by atoms with Crippen LogP contribution in [0, 0.1) is 6.92 Å². The molecule has 92 valence electrons. The van der Waals surface area contributed by atoms with Gasteiger partial charge in [0.2, 0.25) is 5.88 Å². The van der Waals surface area contributed by atoms with Gasteiger partial charge in [0.15, 0.2) is 0 Å². The van der Waals surface area contributed by atoms with Crippen molar-refractivity contribution in [1.82, 2.24) is 9.55 Å². The van der Waals surface area contributed by atoms with Crippen LogP contribution in [0.3, 0.4) is 0 Å². The fourth-order valence-electron chi connectivity index (χ4n) is 1.03. The van der Waals surface area contributed by atoms with Crippen molar-refractivity contribution < 1.29 is 9.84 Å². The SMILES string of the molecule is CC.Cc1cn(C)c(=O)nc1OCCCO. The van der Waals surface area contributed by atoms with E-state index in [1.54, 1.807) is 13.2 Å². The Labute approximate surface area is 95.7 Å². The fourth-order valence-corrected chi connectivity index (χ4v) is 1.03. The van der Waals surface area contributed by atoms with Gasteiger partial charge in [-0.15, -0.1) is 0 Å². The summed E-state index contributed by atoms with van der Waals surface area (Å²) in [6, 6.07) is 0. The number of rotatable bonds is 4. The zero-order valence-corrected chi connectivity index (χ0v) is 10.4. The molecule has 0 unspecified atom stereocenters. The van der Waals surface area contributed by atoms with E-state index in [1.165, 1.54) is 4.57 Å². The standard InChI is InChI=1S/C9H14N2O3.C2H6/c1-7-6-11(2)9(13)10-8(7)14-5-3-4-12;1-2/h6,12H,3-5H2,1-2H3;1-2H3. The highest BCUT2D eigenvalue weighted by molar-refractivity contribution is 5.20. The average molecular weight is 228 g/mol. The van der Waals surface area contributed by atoms with Gasteiger partial charge in [0, 0.05) is 31.8 Å². The van der Waals surface area contributed by atoms with Gasteiger partial charge >= 0.3 is 5.69 Å². The Morgan fingerprint density at radius 2 is 2.12 bits per heavy atom. The number of aliphatic hydroxyl groups is 1. The van der Waals surface area contributed by atoms with Crippen molar-refractivity contribution in [3.05, 3.63) is 22.2 Å². The topological polar surface area (TPSA) is 64.4 Å². The highest BCUT2D eigenvalue weighted by Gasteiger charge is 2.03. The predicted octanol–water partition coefficient (Wildman–Crippen LogP) is 0.876. The Kier molecular flexibility index (Phi) is 7.20. The first kappa shape index (κ1) is 14.6. The molecule has 1 heterocycles. The number of nitrogens with zero attached hydrogens (tertiary/aromatic N) is 2. The van der Waals surface area contributed by atoms with E-state index in [2.05, 4.69) is 4.98 Å². The highest BCUT2D eigenvalue weighted by Crippen LogP contribution is 2.09. The number of aryl methyl sites for hydroxylation is 2. The Morgan fingerprint density at radius 1 is 1.50 bits per heavy atom. The zero-order chi connectivity index (χ0) is 12.6. The molecule has 0 bridgehead atoms. The Morgan fingerprint density at radius 3 is 2.69 bits per heavy atom. The van der Waals surface area contributed by atoms with Gasteiger partial charge in [0.25, 0.3) is 0 Å². The first-order valence-electron chi connectivity index (χ1n) is 5.43. The van der Waals surface area contributed by atoms with E-state index < -0.39 is 0 Å². The second kappa shape index (κ2) is 7.87. The van der Waals surface area contributed by atoms with Gasteiger partial charge < -0.3 is 14.4 Å². The molecular weight excluding hydrogens is 208 g/mol. The zero-order valence-electron chi connectivity index (χ0n) is 10.4. The summed E-state index contributed by atoms with van der Waals surface area (Å²) in [5.74, 6) is 0.349. The van der Waals surface area contributed by atoms with Gasteiger partial charge in [0.05, 0.1) is 6.61 Å². The maximum Gasteiger partial charge on any atom is 0.350 e. The van der Waals surface area contributed by atoms with Crippen LogP contribution >= 0.6 is 0 Å². The molecule has 0 spiro atoms. The van der Waals surface area contributed by atoms with Crippen LogP contribution in [-0.4, -0.2) is 27.9 Å². The lowest BCUT2D eigenvalue weighted by Gasteiger charge is -2.07. The lowest BCUT2D eigenvalue weighted by Crippen LogP contribution is -2.21. The van der Waals surface area contributed by atoms with Crippen LogP contribution in [-0.2, 0) is 7.05 Å². The number of aliphatic hydroxyl groups excluding tert-OH is 1. The summed E-state index contributed by atoms with van der Waals surface area (Å²) in [6.45, 7) is 6.27. The number of ether oxygens (including phenoxy) is 1. The van der Waals surface area contributed by atoms with Crippen LogP contribution in [0.2, 0.25) is 0 Å². The number of hydrogen-bond donors (Lipinski definition) is 1. The summed E-state index contributed by atoms with van der Waals surface area (Å²) < 4.78 is 6.63. The van der Waals surface area contributed by atoms with Crippen LogP contribution in [0.1, 0.15) is 25.8 Å². The maximum absolute atomic E-state index is 11.1. The molecule has 1 aromatic rings. The molecule has 1 N–H and O–H groups in total. The van der Waals surface area contributed by atoms with E-state index in [-0.39, 0.29) is 12.3 Å². The first-order valence-corrected chi connectivity index (χ1v) is 5.43. The molecule has 0 saturated carbocycles. The minimum atomic E-state index is -0.338. The third kappa shape index (κ3) is 4.44. The van der Waals surface area contributed by atoms with Gasteiger partial charge in [-0.3, -0.25) is 0 Å². The number of aromatic nitrogens is 2. The third-order valence-electron chi connectivity index (χ3n) is 1.76. The summed E-state index contributed by atoms with van der Waals surface area (Å²) >= 11 is 0. The van der Waals surface area contributed by atoms with Gasteiger partial charge in [-0.25, -0.2) is 4.79 Å². The second-order valence-electron chi connectivity index (χ2n) is 3.05. The summed E-state index contributed by atoms with van der Waals surface area (Å²) in [5.41, 5.74) is 0.472. The number of hydrogen-bond acceptors (Lipinski definition) is 4. The van der Waals surface area contributed by atoms with Crippen molar-refractivity contribution in [3.63, 3.8) is 0 Å². The van der Waals surface area contributed by atoms with Crippen LogP contribution in [0.25, 0.3) is 0 Å². The van der Waals surface area contributed by atoms with Crippen molar-refractivity contribution in [3.8, 4) is 5.88 Å². The smallest absolute Gasteiger partial charge is 0.350 e. The highest BCUT2D eigenvalue weighted by atomic mass is 16.5. The molecule has 1 aromatic heterocycles. The fraction of sp³-hybridized carbons (Fsp3) is 0.636. The molecule has 0 aliphatic carbocycles. The lowest BCUT2D eigenvalue weighted by atomic mass is 10.4. The molecule has 0 aliphatic rings. The van der Waals surface area contributed by atoms with E-state index in [4.69, 9.17) is 9.84 Å². The third-order valence-corrected chi connectivity index (χ3v) is 1.76. The van der Waals surface area contributed by atoms with E-state index in [0.29, 0.717) is 18.9 Å². The van der Waals surface area contributed by atoms with Crippen LogP contribution in [0.5, 0.6) is 5.88 Å². The van der Waals surface area contributed by atoms with E-state index in [1.807, 2.05) is 20.8 Å². The molecule has 0 atom stereocenters. The summed E-state index contributed by atoms with van der Waals surface area (Å²) in [4.78, 5) is 14.9. The van der Waals surface area contributed by atoms with Crippen molar-refractivity contribution >= 4 is 0 Å². The Balaban J connectivity index is 0.00000106. The Bertz CT molecular complexity index is 361. The van der Waals surface area contributed by atoms with Gasteiger partial charge in [-0.05, 0) is 6.92 Å². The van der Waals surface area contributed by atoms with Gasteiger partial charge in [-0.2, -0.15) is 4.98 Å². The molecule has 0 aromatic carbocycles. The van der Waals surface area contributed by atoms with E-state index in [9.17, 15) is 4.79 Å². The molecule has 0 amide bonds. The van der Waals surface area contributed by atoms with Crippen molar-refractivity contribution in [2.24, 2.45) is 7.05 Å². The van der Waals surface area contributed by atoms with E-state index >= 15 is 0 Å². The summed E-state index contributed by atoms with van der Waals surface area (Å²) in [7, 11) is 1.64. The van der Waals surface area contributed by atoms with E-state index in [0.717, 1.165) is 5.56 Å². The Hall–Kier alpha value is -1.36. The summed E-state index contributed by atoms with van der Waals surface area (Å²) in [5, 5.41) is 8.55. The predicted molar refractivity (Wildman–Crippen MR) is 62.8 cm³/mol. The van der Waals surface area contributed by atoms with Gasteiger partial charge in [-0.1, -0.05) is 13.8 Å².